The van der Waals surface area contributed by atoms with Gasteiger partial charge in [-0.15, -0.1) is 0 Å². The third kappa shape index (κ3) is 5.70. The first-order chi connectivity index (χ1) is 17.9. The second-order valence-corrected chi connectivity index (χ2v) is 10.3. The van der Waals surface area contributed by atoms with E-state index in [4.69, 9.17) is 0 Å². The number of nitrogens with one attached hydrogen (secondary N) is 1. The van der Waals surface area contributed by atoms with E-state index < -0.39 is 23.0 Å². The van der Waals surface area contributed by atoms with Crippen molar-refractivity contribution < 1.29 is 22.4 Å². The Labute approximate surface area is 220 Å². The fourth-order valence-electron chi connectivity index (χ4n) is 5.23. The average molecular weight is 532 g/mol. The van der Waals surface area contributed by atoms with Gasteiger partial charge in [0.15, 0.2) is 0 Å². The Morgan fingerprint density at radius 1 is 1.16 bits per heavy atom. The lowest BCUT2D eigenvalue weighted by atomic mass is 9.72. The van der Waals surface area contributed by atoms with Gasteiger partial charge in [0.2, 0.25) is 5.91 Å². The van der Waals surface area contributed by atoms with Gasteiger partial charge in [0, 0.05) is 45.1 Å². The zero-order valence-electron chi connectivity index (χ0n) is 22.0. The molecule has 4 rings (SSSR count). The summed E-state index contributed by atoms with van der Waals surface area (Å²) in [6.45, 7) is 3.21. The highest BCUT2D eigenvalue weighted by molar-refractivity contribution is 5.89. The van der Waals surface area contributed by atoms with Crippen LogP contribution in [0, 0.1) is 5.82 Å². The molecule has 3 aromatic rings. The number of halogens is 4. The third-order valence-corrected chi connectivity index (χ3v) is 7.21. The molecule has 1 aliphatic heterocycles. The van der Waals surface area contributed by atoms with Crippen LogP contribution in [-0.2, 0) is 23.4 Å². The summed E-state index contributed by atoms with van der Waals surface area (Å²) in [5, 5.41) is 3.13. The highest BCUT2D eigenvalue weighted by Gasteiger charge is 2.44. The highest BCUT2D eigenvalue weighted by atomic mass is 19.4. The van der Waals surface area contributed by atoms with Gasteiger partial charge in [-0.1, -0.05) is 6.07 Å². The first-order valence-corrected chi connectivity index (χ1v) is 12.6. The van der Waals surface area contributed by atoms with Crippen LogP contribution < -0.4 is 10.2 Å². The Kier molecular flexibility index (Phi) is 7.83. The second-order valence-electron chi connectivity index (χ2n) is 10.3. The van der Waals surface area contributed by atoms with Gasteiger partial charge in [0.25, 0.3) is 0 Å². The normalized spacial score (nSPS) is 16.5. The number of alkyl halides is 3. The van der Waals surface area contributed by atoms with E-state index in [1.807, 2.05) is 68.0 Å². The van der Waals surface area contributed by atoms with E-state index in [1.165, 1.54) is 6.07 Å². The molecular weight excluding hydrogens is 498 g/mol. The smallest absolute Gasteiger partial charge is 0.369 e. The molecule has 1 aromatic carbocycles. The number of hydrogen-bond acceptors (Lipinski definition) is 4. The Bertz CT molecular complexity index is 1260. The van der Waals surface area contributed by atoms with Gasteiger partial charge in [0.1, 0.15) is 5.82 Å². The maximum absolute atomic E-state index is 14.7. The predicted molar refractivity (Wildman–Crippen MR) is 139 cm³/mol. The van der Waals surface area contributed by atoms with E-state index in [1.54, 1.807) is 11.1 Å². The molecule has 6 nitrogen and oxygen atoms in total. The van der Waals surface area contributed by atoms with Crippen molar-refractivity contribution in [2.45, 2.75) is 37.4 Å². The molecule has 1 atom stereocenters. The molecule has 1 saturated heterocycles. The fraction of sp³-hybridized carbons (Fsp3) is 0.429. The molecule has 1 amide bonds. The van der Waals surface area contributed by atoms with Crippen molar-refractivity contribution in [2.24, 2.45) is 7.05 Å². The number of amides is 1. The van der Waals surface area contributed by atoms with Crippen LogP contribution in [0.2, 0.25) is 0 Å². The summed E-state index contributed by atoms with van der Waals surface area (Å²) in [7, 11) is 5.80. The standard InChI is InChI=1S/C28H33F4N5O/c1-19(18-35(2)3)34-26(38)27(21-7-9-23(33-17-21)25-6-5-13-36(25)4)11-14-37(15-12-27)24-10-8-20(16-22(24)29)28(30,31)32/h5-10,13,16-17,19H,11-12,14-15,18H2,1-4H3,(H,34,38). The minimum Gasteiger partial charge on any atom is -0.369 e. The monoisotopic (exact) mass is 531 g/mol. The van der Waals surface area contributed by atoms with Gasteiger partial charge >= 0.3 is 6.18 Å². The number of likely N-dealkylation sites (N-methyl/N-ethyl adjacent to an activating group) is 1. The number of carbonyl (C=O) groups is 1. The molecule has 1 fully saturated rings. The summed E-state index contributed by atoms with van der Waals surface area (Å²) in [6, 6.07) is 10.2. The molecule has 2 aromatic heterocycles. The summed E-state index contributed by atoms with van der Waals surface area (Å²) in [4.78, 5) is 22.1. The van der Waals surface area contributed by atoms with Crippen LogP contribution in [0.5, 0.6) is 0 Å². The van der Waals surface area contributed by atoms with E-state index in [-0.39, 0.29) is 17.6 Å². The van der Waals surface area contributed by atoms with Crippen LogP contribution in [0.15, 0.2) is 54.9 Å². The summed E-state index contributed by atoms with van der Waals surface area (Å²) in [6.07, 6.45) is -0.232. The lowest BCUT2D eigenvalue weighted by Gasteiger charge is -2.42. The molecule has 204 valence electrons. The molecule has 0 saturated carbocycles. The Morgan fingerprint density at radius 2 is 1.87 bits per heavy atom. The molecule has 1 N–H and O–H groups in total. The number of nitrogens with zero attached hydrogens (tertiary/aromatic N) is 4. The molecule has 0 radical (unpaired) electrons. The van der Waals surface area contributed by atoms with Crippen LogP contribution >= 0.6 is 0 Å². The van der Waals surface area contributed by atoms with E-state index in [2.05, 4.69) is 10.3 Å². The first-order valence-electron chi connectivity index (χ1n) is 12.6. The number of pyridine rings is 1. The molecule has 0 spiro atoms. The number of anilines is 1. The number of carbonyl (C=O) groups excluding carboxylic acids is 1. The predicted octanol–water partition coefficient (Wildman–Crippen LogP) is 4.85. The Morgan fingerprint density at radius 3 is 2.39 bits per heavy atom. The molecule has 38 heavy (non-hydrogen) atoms. The summed E-state index contributed by atoms with van der Waals surface area (Å²) in [5.41, 5.74) is 0.662. The maximum Gasteiger partial charge on any atom is 0.416 e. The van der Waals surface area contributed by atoms with E-state index in [0.717, 1.165) is 23.0 Å². The molecule has 1 unspecified atom stereocenters. The van der Waals surface area contributed by atoms with Crippen molar-refractivity contribution in [2.75, 3.05) is 38.6 Å². The third-order valence-electron chi connectivity index (χ3n) is 7.21. The van der Waals surface area contributed by atoms with E-state index >= 15 is 0 Å². The number of hydrogen-bond donors (Lipinski definition) is 1. The molecule has 0 aliphatic carbocycles. The van der Waals surface area contributed by atoms with Crippen LogP contribution in [0.25, 0.3) is 11.4 Å². The quantitative estimate of drug-likeness (QED) is 0.443. The Balaban J connectivity index is 1.61. The van der Waals surface area contributed by atoms with Gasteiger partial charge in [-0.05, 0) is 75.8 Å². The first kappa shape index (κ1) is 27.6. The van der Waals surface area contributed by atoms with Crippen molar-refractivity contribution in [3.8, 4) is 11.4 Å². The van der Waals surface area contributed by atoms with Crippen molar-refractivity contribution in [1.29, 1.82) is 0 Å². The lowest BCUT2D eigenvalue weighted by molar-refractivity contribution is -0.137. The molecule has 0 bridgehead atoms. The number of aryl methyl sites for hydroxylation is 1. The van der Waals surface area contributed by atoms with Crippen LogP contribution in [0.1, 0.15) is 30.9 Å². The highest BCUT2D eigenvalue weighted by Crippen LogP contribution is 2.39. The maximum atomic E-state index is 14.7. The average Bonchev–Trinajstić information content (AvgIpc) is 3.29. The van der Waals surface area contributed by atoms with Crippen molar-refractivity contribution in [1.82, 2.24) is 19.8 Å². The SMILES string of the molecule is CC(CN(C)C)NC(=O)C1(c2ccc(-c3cccn3C)nc2)CCN(c2ccc(C(F)(F)F)cc2F)CC1. The van der Waals surface area contributed by atoms with Crippen molar-refractivity contribution >= 4 is 11.6 Å². The van der Waals surface area contributed by atoms with Crippen molar-refractivity contribution in [3.63, 3.8) is 0 Å². The summed E-state index contributed by atoms with van der Waals surface area (Å²) < 4.78 is 55.7. The zero-order valence-corrected chi connectivity index (χ0v) is 22.0. The minimum absolute atomic E-state index is 0.102. The topological polar surface area (TPSA) is 53.4 Å². The largest absolute Gasteiger partial charge is 0.416 e. The van der Waals surface area contributed by atoms with Gasteiger partial charge in [-0.2, -0.15) is 13.2 Å². The van der Waals surface area contributed by atoms with Gasteiger partial charge in [-0.25, -0.2) is 4.39 Å². The summed E-state index contributed by atoms with van der Waals surface area (Å²) in [5.74, 6) is -1.06. The number of benzene rings is 1. The minimum atomic E-state index is -4.61. The van der Waals surface area contributed by atoms with E-state index in [9.17, 15) is 22.4 Å². The second kappa shape index (κ2) is 10.8. The molecule has 10 heteroatoms. The Hall–Kier alpha value is -3.40. The van der Waals surface area contributed by atoms with Crippen LogP contribution in [0.3, 0.4) is 0 Å². The number of rotatable bonds is 7. The fourth-order valence-corrected chi connectivity index (χ4v) is 5.23. The van der Waals surface area contributed by atoms with Gasteiger partial charge < -0.3 is 19.7 Å². The van der Waals surface area contributed by atoms with Gasteiger partial charge in [-0.3, -0.25) is 9.78 Å². The molecule has 1 aliphatic rings. The molecular formula is C28H33F4N5O. The van der Waals surface area contributed by atoms with Crippen LogP contribution in [-0.4, -0.2) is 60.1 Å². The number of aromatic nitrogens is 2. The van der Waals surface area contributed by atoms with Crippen LogP contribution in [0.4, 0.5) is 23.2 Å². The van der Waals surface area contributed by atoms with Gasteiger partial charge in [0.05, 0.1) is 28.1 Å². The van der Waals surface area contributed by atoms with Crippen molar-refractivity contribution in [3.05, 3.63) is 71.8 Å². The lowest BCUT2D eigenvalue weighted by Crippen LogP contribution is -2.54. The summed E-state index contributed by atoms with van der Waals surface area (Å²) >= 11 is 0. The molecule has 3 heterocycles. The zero-order chi connectivity index (χ0) is 27.7. The number of piperidine rings is 1. The van der Waals surface area contributed by atoms with E-state index in [0.29, 0.717) is 38.5 Å².